The van der Waals surface area contributed by atoms with Crippen LogP contribution in [0.2, 0.25) is 0 Å². The highest BCUT2D eigenvalue weighted by molar-refractivity contribution is 7.14. The number of benzene rings is 1. The zero-order chi connectivity index (χ0) is 20.7. The fraction of sp³-hybridized carbons (Fsp3) is 0.333. The Balaban J connectivity index is 2.20. The van der Waals surface area contributed by atoms with E-state index in [0.29, 0.717) is 4.90 Å². The predicted molar refractivity (Wildman–Crippen MR) is 102 cm³/mol. The molecule has 2 rings (SSSR count). The van der Waals surface area contributed by atoms with Crippen LogP contribution >= 0.6 is 11.3 Å². The summed E-state index contributed by atoms with van der Waals surface area (Å²) in [5, 5.41) is 1.30. The number of carbonyl (C=O) groups excluding carboxylic acids is 3. The zero-order valence-electron chi connectivity index (χ0n) is 15.7. The third-order valence-corrected chi connectivity index (χ3v) is 3.82. The average molecular weight is 407 g/mol. The number of carbonyl (C=O) groups is 3. The third kappa shape index (κ3) is 6.32. The van der Waals surface area contributed by atoms with E-state index in [4.69, 9.17) is 19.9 Å². The summed E-state index contributed by atoms with van der Waals surface area (Å²) < 4.78 is 15.4. The first-order chi connectivity index (χ1) is 13.2. The molecule has 0 unspecified atom stereocenters. The molecule has 150 valence electrons. The molecule has 28 heavy (non-hydrogen) atoms. The maximum Gasteiger partial charge on any atom is 0.426 e. The minimum absolute atomic E-state index is 0.0423. The van der Waals surface area contributed by atoms with Gasteiger partial charge >= 0.3 is 18.2 Å². The van der Waals surface area contributed by atoms with Gasteiger partial charge in [-0.3, -0.25) is 4.79 Å². The van der Waals surface area contributed by atoms with Crippen molar-refractivity contribution in [3.05, 3.63) is 41.3 Å². The first-order valence-corrected chi connectivity index (χ1v) is 9.17. The van der Waals surface area contributed by atoms with Gasteiger partial charge in [0.15, 0.2) is 0 Å². The molecule has 1 aromatic heterocycles. The molecule has 2 N–H and O–H groups in total. The van der Waals surface area contributed by atoms with Crippen LogP contribution in [0.4, 0.5) is 14.7 Å². The SMILES string of the molecule is CC(C)(C)OC(=O)N(C(=O)OCc1ccccc1)c1nc(OC(=O)CN)cs1. The molecule has 0 bridgehead atoms. The summed E-state index contributed by atoms with van der Waals surface area (Å²) in [5.41, 5.74) is 5.09. The second-order valence-electron chi connectivity index (χ2n) is 6.50. The van der Waals surface area contributed by atoms with Crippen LogP contribution in [0.5, 0.6) is 5.88 Å². The number of ether oxygens (including phenoxy) is 3. The van der Waals surface area contributed by atoms with Crippen LogP contribution < -0.4 is 15.4 Å². The molecule has 0 spiro atoms. The fourth-order valence-corrected chi connectivity index (χ4v) is 2.58. The van der Waals surface area contributed by atoms with Gasteiger partial charge < -0.3 is 19.9 Å². The molecule has 0 radical (unpaired) electrons. The number of hydrogen-bond donors (Lipinski definition) is 1. The van der Waals surface area contributed by atoms with Gasteiger partial charge in [0.05, 0.1) is 11.9 Å². The van der Waals surface area contributed by atoms with Crippen LogP contribution in [-0.4, -0.2) is 35.3 Å². The quantitative estimate of drug-likeness (QED) is 0.751. The molecule has 0 aliphatic rings. The van der Waals surface area contributed by atoms with Crippen molar-refractivity contribution >= 4 is 34.6 Å². The number of esters is 1. The van der Waals surface area contributed by atoms with E-state index in [1.165, 1.54) is 5.38 Å². The molecule has 0 atom stereocenters. The Morgan fingerprint density at radius 2 is 1.82 bits per heavy atom. The van der Waals surface area contributed by atoms with Crippen molar-refractivity contribution < 1.29 is 28.6 Å². The summed E-state index contributed by atoms with van der Waals surface area (Å²) in [6.07, 6.45) is -1.93. The van der Waals surface area contributed by atoms with Gasteiger partial charge in [-0.2, -0.15) is 9.88 Å². The molecule has 0 aliphatic carbocycles. The van der Waals surface area contributed by atoms with Crippen molar-refractivity contribution in [1.29, 1.82) is 0 Å². The predicted octanol–water partition coefficient (Wildman–Crippen LogP) is 3.09. The highest BCUT2D eigenvalue weighted by Gasteiger charge is 2.32. The minimum atomic E-state index is -0.968. The van der Waals surface area contributed by atoms with Crippen molar-refractivity contribution in [2.24, 2.45) is 5.73 Å². The largest absolute Gasteiger partial charge is 0.444 e. The molecular weight excluding hydrogens is 386 g/mol. The number of aromatic nitrogens is 1. The van der Waals surface area contributed by atoms with E-state index in [0.717, 1.165) is 16.9 Å². The number of rotatable bonds is 5. The van der Waals surface area contributed by atoms with Crippen LogP contribution in [0, 0.1) is 0 Å². The summed E-state index contributed by atoms with van der Waals surface area (Å²) >= 11 is 0.910. The topological polar surface area (TPSA) is 121 Å². The van der Waals surface area contributed by atoms with Crippen LogP contribution in [0.3, 0.4) is 0 Å². The lowest BCUT2D eigenvalue weighted by atomic mass is 10.2. The Morgan fingerprint density at radius 3 is 2.43 bits per heavy atom. The molecule has 10 heteroatoms. The van der Waals surface area contributed by atoms with E-state index >= 15 is 0 Å². The molecular formula is C18H21N3O6S. The average Bonchev–Trinajstić information content (AvgIpc) is 3.07. The van der Waals surface area contributed by atoms with Crippen LogP contribution in [-0.2, 0) is 20.9 Å². The Hall–Kier alpha value is -2.98. The first kappa shape index (κ1) is 21.3. The molecule has 0 fully saturated rings. The maximum atomic E-state index is 12.6. The van der Waals surface area contributed by atoms with E-state index < -0.39 is 23.8 Å². The lowest BCUT2D eigenvalue weighted by Crippen LogP contribution is -2.41. The lowest BCUT2D eigenvalue weighted by Gasteiger charge is -2.24. The Morgan fingerprint density at radius 1 is 1.14 bits per heavy atom. The van der Waals surface area contributed by atoms with Gasteiger partial charge in [0.25, 0.3) is 0 Å². The van der Waals surface area contributed by atoms with E-state index in [2.05, 4.69) is 4.98 Å². The van der Waals surface area contributed by atoms with Crippen LogP contribution in [0.1, 0.15) is 26.3 Å². The van der Waals surface area contributed by atoms with Crippen LogP contribution in [0.15, 0.2) is 35.7 Å². The van der Waals surface area contributed by atoms with E-state index in [1.54, 1.807) is 45.0 Å². The van der Waals surface area contributed by atoms with Crippen molar-refractivity contribution in [2.75, 3.05) is 11.4 Å². The van der Waals surface area contributed by atoms with Crippen molar-refractivity contribution in [1.82, 2.24) is 4.98 Å². The number of nitrogens with two attached hydrogens (primary N) is 1. The molecule has 9 nitrogen and oxygen atoms in total. The molecule has 1 heterocycles. The molecule has 2 amide bonds. The Labute approximate surface area is 166 Å². The normalized spacial score (nSPS) is 10.9. The number of nitrogens with zero attached hydrogens (tertiary/aromatic N) is 2. The number of imide groups is 1. The zero-order valence-corrected chi connectivity index (χ0v) is 16.5. The van der Waals surface area contributed by atoms with Gasteiger partial charge in [-0.25, -0.2) is 9.59 Å². The number of anilines is 1. The smallest absolute Gasteiger partial charge is 0.426 e. The maximum absolute atomic E-state index is 12.6. The highest BCUT2D eigenvalue weighted by Crippen LogP contribution is 2.27. The Kier molecular flexibility index (Phi) is 7.07. The monoisotopic (exact) mass is 407 g/mol. The molecule has 1 aromatic carbocycles. The van der Waals surface area contributed by atoms with E-state index in [9.17, 15) is 14.4 Å². The second kappa shape index (κ2) is 9.29. The van der Waals surface area contributed by atoms with Crippen molar-refractivity contribution in [3.8, 4) is 5.88 Å². The fourth-order valence-electron chi connectivity index (χ4n) is 1.88. The number of thiazole rings is 1. The Bertz CT molecular complexity index is 831. The van der Waals surface area contributed by atoms with Gasteiger partial charge in [-0.05, 0) is 26.3 Å². The summed E-state index contributed by atoms with van der Waals surface area (Å²) in [7, 11) is 0. The van der Waals surface area contributed by atoms with Crippen LogP contribution in [0.25, 0.3) is 0 Å². The lowest BCUT2D eigenvalue weighted by molar-refractivity contribution is -0.133. The van der Waals surface area contributed by atoms with Gasteiger partial charge in [0.1, 0.15) is 12.2 Å². The summed E-state index contributed by atoms with van der Waals surface area (Å²) in [4.78, 5) is 41.0. The summed E-state index contributed by atoms with van der Waals surface area (Å²) in [5.74, 6) is -0.785. The highest BCUT2D eigenvalue weighted by atomic mass is 32.1. The first-order valence-electron chi connectivity index (χ1n) is 8.29. The molecule has 0 aliphatic heterocycles. The van der Waals surface area contributed by atoms with Gasteiger partial charge in [0, 0.05) is 0 Å². The summed E-state index contributed by atoms with van der Waals surface area (Å²) in [6, 6.07) is 8.98. The second-order valence-corrected chi connectivity index (χ2v) is 7.34. The van der Waals surface area contributed by atoms with Gasteiger partial charge in [0.2, 0.25) is 11.0 Å². The van der Waals surface area contributed by atoms with E-state index in [-0.39, 0.29) is 24.2 Å². The summed E-state index contributed by atoms with van der Waals surface area (Å²) in [6.45, 7) is 4.61. The van der Waals surface area contributed by atoms with Crippen molar-refractivity contribution in [2.45, 2.75) is 33.0 Å². The van der Waals surface area contributed by atoms with E-state index in [1.807, 2.05) is 6.07 Å². The van der Waals surface area contributed by atoms with Crippen molar-refractivity contribution in [3.63, 3.8) is 0 Å². The van der Waals surface area contributed by atoms with Gasteiger partial charge in [-0.1, -0.05) is 30.3 Å². The number of hydrogen-bond acceptors (Lipinski definition) is 9. The molecule has 0 saturated carbocycles. The van der Waals surface area contributed by atoms with Gasteiger partial charge in [-0.15, -0.1) is 11.3 Å². The standard InChI is InChI=1S/C18H21N3O6S/c1-18(2,3)27-17(24)21(15-20-13(11-28-15)26-14(22)9-19)16(23)25-10-12-7-5-4-6-8-12/h4-8,11H,9-10,19H2,1-3H3. The third-order valence-electron chi connectivity index (χ3n) is 3.01. The molecule has 0 saturated heterocycles. The minimum Gasteiger partial charge on any atom is -0.444 e. The molecule has 2 aromatic rings. The number of amides is 2.